The van der Waals surface area contributed by atoms with Crippen LogP contribution in [0.5, 0.6) is 0 Å². The summed E-state index contributed by atoms with van der Waals surface area (Å²) in [7, 11) is -0.556. The monoisotopic (exact) mass is 255 g/mol. The minimum Gasteiger partial charge on any atom is -0.399 e. The van der Waals surface area contributed by atoms with E-state index >= 15 is 0 Å². The van der Waals surface area contributed by atoms with Gasteiger partial charge < -0.3 is 14.3 Å². The van der Waals surface area contributed by atoms with E-state index in [-0.39, 0.29) is 10.7 Å². The topological polar surface area (TPSA) is 51.3 Å². The zero-order valence-corrected chi connectivity index (χ0v) is 11.1. The molecule has 0 atom stereocenters. The molecule has 0 aromatic carbocycles. The van der Waals surface area contributed by atoms with E-state index in [1.165, 1.54) is 6.07 Å². The van der Waals surface area contributed by atoms with E-state index in [4.69, 9.17) is 20.9 Å². The minimum absolute atomic E-state index is 0.262. The first-order chi connectivity index (χ1) is 7.71. The van der Waals surface area contributed by atoms with Crippen LogP contribution in [-0.4, -0.2) is 23.3 Å². The molecule has 1 aromatic heterocycles. The van der Waals surface area contributed by atoms with Gasteiger partial charge in [-0.15, -0.1) is 0 Å². The highest BCUT2D eigenvalue weighted by molar-refractivity contribution is 6.62. The van der Waals surface area contributed by atoms with Gasteiger partial charge in [0.2, 0.25) is 5.56 Å². The zero-order chi connectivity index (χ0) is 12.8. The molecule has 0 aliphatic carbocycles. The molecule has 1 aliphatic heterocycles. The van der Waals surface area contributed by atoms with Crippen molar-refractivity contribution in [1.29, 1.82) is 0 Å². The van der Waals surface area contributed by atoms with Crippen molar-refractivity contribution in [1.82, 2.24) is 4.98 Å². The number of rotatable bonds is 1. The first kappa shape index (κ1) is 12.7. The van der Waals surface area contributed by atoms with Crippen LogP contribution in [0.3, 0.4) is 0 Å². The van der Waals surface area contributed by atoms with E-state index in [1.807, 2.05) is 27.7 Å². The summed E-state index contributed by atoms with van der Waals surface area (Å²) in [6, 6.07) is 3.08. The highest BCUT2D eigenvalue weighted by Crippen LogP contribution is 2.36. The second-order valence-electron chi connectivity index (χ2n) is 5.21. The molecule has 0 bridgehead atoms. The van der Waals surface area contributed by atoms with E-state index in [0.717, 1.165) is 0 Å². The first-order valence-electron chi connectivity index (χ1n) is 5.47. The van der Waals surface area contributed by atoms with Crippen molar-refractivity contribution in [2.45, 2.75) is 38.9 Å². The largest absolute Gasteiger partial charge is 0.495 e. The third-order valence-electron chi connectivity index (χ3n) is 3.36. The number of hydrogen-bond acceptors (Lipinski definition) is 3. The molecule has 4 nitrogen and oxygen atoms in total. The van der Waals surface area contributed by atoms with E-state index in [0.29, 0.717) is 5.46 Å². The predicted octanol–water partition coefficient (Wildman–Crippen LogP) is 1.33. The van der Waals surface area contributed by atoms with Crippen LogP contribution < -0.4 is 11.0 Å². The molecule has 0 spiro atoms. The molecular weight excluding hydrogens is 240 g/mol. The Kier molecular flexibility index (Phi) is 2.88. The van der Waals surface area contributed by atoms with Gasteiger partial charge in [0.15, 0.2) is 0 Å². The number of halogens is 1. The van der Waals surface area contributed by atoms with Crippen molar-refractivity contribution in [2.24, 2.45) is 0 Å². The van der Waals surface area contributed by atoms with Crippen molar-refractivity contribution in [3.8, 4) is 0 Å². The highest BCUT2D eigenvalue weighted by atomic mass is 35.5. The van der Waals surface area contributed by atoms with Gasteiger partial charge in [-0.25, -0.2) is 0 Å². The van der Waals surface area contributed by atoms with Crippen LogP contribution in [0.1, 0.15) is 27.7 Å². The van der Waals surface area contributed by atoms with Crippen LogP contribution in [0.15, 0.2) is 16.9 Å². The van der Waals surface area contributed by atoms with Gasteiger partial charge in [-0.05, 0) is 39.2 Å². The standard InChI is InChI=1S/C11H15BClNO3/c1-10(2)11(3,4)17-12(16-10)7-5-8(13)14-9(15)6-7/h5-6H,1-4H3,(H,14,15). The second-order valence-corrected chi connectivity index (χ2v) is 5.62. The zero-order valence-electron chi connectivity index (χ0n) is 10.3. The summed E-state index contributed by atoms with van der Waals surface area (Å²) in [5.41, 5.74) is -0.473. The molecule has 0 saturated carbocycles. The molecule has 0 unspecified atom stereocenters. The van der Waals surface area contributed by atoms with Gasteiger partial charge in [0.05, 0.1) is 11.2 Å². The van der Waals surface area contributed by atoms with Gasteiger partial charge in [-0.2, -0.15) is 0 Å². The van der Waals surface area contributed by atoms with E-state index in [2.05, 4.69) is 4.98 Å². The molecule has 0 amide bonds. The third kappa shape index (κ3) is 2.27. The smallest absolute Gasteiger partial charge is 0.399 e. The van der Waals surface area contributed by atoms with Crippen molar-refractivity contribution in [3.63, 3.8) is 0 Å². The maximum atomic E-state index is 11.3. The summed E-state index contributed by atoms with van der Waals surface area (Å²) in [6.45, 7) is 7.84. The quantitative estimate of drug-likeness (QED) is 0.608. The second kappa shape index (κ2) is 3.87. The number of hydrogen-bond donors (Lipinski definition) is 1. The average molecular weight is 256 g/mol. The summed E-state index contributed by atoms with van der Waals surface area (Å²) in [5, 5.41) is 0.280. The van der Waals surface area contributed by atoms with Crippen molar-refractivity contribution in [3.05, 3.63) is 27.6 Å². The fourth-order valence-electron chi connectivity index (χ4n) is 1.64. The van der Waals surface area contributed by atoms with Crippen molar-refractivity contribution < 1.29 is 9.31 Å². The lowest BCUT2D eigenvalue weighted by molar-refractivity contribution is 0.00578. The van der Waals surface area contributed by atoms with Crippen LogP contribution in [0, 0.1) is 0 Å². The third-order valence-corrected chi connectivity index (χ3v) is 3.56. The summed E-state index contributed by atoms with van der Waals surface area (Å²) >= 11 is 5.80. The van der Waals surface area contributed by atoms with Crippen LogP contribution in [0.4, 0.5) is 0 Å². The Hall–Kier alpha value is -0.775. The lowest BCUT2D eigenvalue weighted by atomic mass is 9.80. The molecule has 2 rings (SSSR count). The number of H-pyrrole nitrogens is 1. The lowest BCUT2D eigenvalue weighted by Crippen LogP contribution is -2.41. The Labute approximate surface area is 105 Å². The van der Waals surface area contributed by atoms with Gasteiger partial charge in [0.1, 0.15) is 5.15 Å². The van der Waals surface area contributed by atoms with Gasteiger partial charge in [0, 0.05) is 6.07 Å². The summed E-state index contributed by atoms with van der Waals surface area (Å²) < 4.78 is 11.7. The predicted molar refractivity (Wildman–Crippen MR) is 67.8 cm³/mol. The average Bonchev–Trinajstić information content (AvgIpc) is 2.34. The van der Waals surface area contributed by atoms with Gasteiger partial charge >= 0.3 is 7.12 Å². The number of pyridine rings is 1. The SMILES string of the molecule is CC1(C)OB(c2cc(Cl)[nH]c(=O)c2)OC1(C)C. The summed E-state index contributed by atoms with van der Waals surface area (Å²) in [6.07, 6.45) is 0. The van der Waals surface area contributed by atoms with Crippen molar-refractivity contribution >= 4 is 24.2 Å². The van der Waals surface area contributed by atoms with Gasteiger partial charge in [-0.1, -0.05) is 11.6 Å². The number of nitrogens with one attached hydrogen (secondary N) is 1. The molecule has 1 saturated heterocycles. The van der Waals surface area contributed by atoms with Gasteiger partial charge in [0.25, 0.3) is 0 Å². The van der Waals surface area contributed by atoms with E-state index in [1.54, 1.807) is 6.07 Å². The van der Waals surface area contributed by atoms with Crippen molar-refractivity contribution in [2.75, 3.05) is 0 Å². The van der Waals surface area contributed by atoms with Crippen LogP contribution in [0.2, 0.25) is 5.15 Å². The summed E-state index contributed by atoms with van der Waals surface area (Å²) in [5.74, 6) is 0. The Bertz CT molecular complexity index is 482. The number of aromatic amines is 1. The minimum atomic E-state index is -0.556. The van der Waals surface area contributed by atoms with E-state index in [9.17, 15) is 4.79 Å². The molecule has 1 fully saturated rings. The molecule has 1 aliphatic rings. The normalized spacial score (nSPS) is 21.8. The van der Waals surface area contributed by atoms with Crippen LogP contribution >= 0.6 is 11.6 Å². The lowest BCUT2D eigenvalue weighted by Gasteiger charge is -2.32. The Morgan fingerprint density at radius 3 is 2.18 bits per heavy atom. The van der Waals surface area contributed by atoms with Crippen LogP contribution in [0.25, 0.3) is 0 Å². The molecular formula is C11H15BClNO3. The van der Waals surface area contributed by atoms with E-state index < -0.39 is 18.3 Å². The maximum absolute atomic E-state index is 11.3. The maximum Gasteiger partial charge on any atom is 0.495 e. The molecule has 6 heteroatoms. The van der Waals surface area contributed by atoms with Crippen LogP contribution in [-0.2, 0) is 9.31 Å². The molecule has 92 valence electrons. The fourth-order valence-corrected chi connectivity index (χ4v) is 1.86. The first-order valence-corrected chi connectivity index (χ1v) is 5.84. The molecule has 2 heterocycles. The number of aromatic nitrogens is 1. The Morgan fingerprint density at radius 2 is 1.71 bits per heavy atom. The molecule has 1 N–H and O–H groups in total. The Balaban J connectivity index is 2.35. The Morgan fingerprint density at radius 1 is 1.18 bits per heavy atom. The fraction of sp³-hybridized carbons (Fsp3) is 0.545. The molecule has 0 radical (unpaired) electrons. The molecule has 1 aromatic rings. The highest BCUT2D eigenvalue weighted by Gasteiger charge is 2.51. The van der Waals surface area contributed by atoms with Gasteiger partial charge in [-0.3, -0.25) is 4.79 Å². The molecule has 17 heavy (non-hydrogen) atoms. The summed E-state index contributed by atoms with van der Waals surface area (Å²) in [4.78, 5) is 13.8.